The first kappa shape index (κ1) is 12.4. The first-order valence-corrected chi connectivity index (χ1v) is 6.51. The van der Waals surface area contributed by atoms with Gasteiger partial charge >= 0.3 is 0 Å². The molecule has 2 aromatic rings. The summed E-state index contributed by atoms with van der Waals surface area (Å²) in [6.07, 6.45) is 3.40. The molecule has 0 aliphatic carbocycles. The van der Waals surface area contributed by atoms with Gasteiger partial charge in [-0.25, -0.2) is 9.37 Å². The molecule has 0 atom stereocenters. The standard InChI is InChI=1S/C13H16ClFN2/c1-2-3-4-8-17-11-7-5-6-10(15)13(11)16-12(17)9-14/h5-7H,2-4,8-9H2,1H3. The average molecular weight is 255 g/mol. The smallest absolute Gasteiger partial charge is 0.151 e. The summed E-state index contributed by atoms with van der Waals surface area (Å²) >= 11 is 5.86. The summed E-state index contributed by atoms with van der Waals surface area (Å²) in [4.78, 5) is 4.27. The van der Waals surface area contributed by atoms with Crippen LogP contribution in [0.4, 0.5) is 4.39 Å². The van der Waals surface area contributed by atoms with Crippen molar-refractivity contribution in [2.75, 3.05) is 0 Å². The Morgan fingerprint density at radius 3 is 2.88 bits per heavy atom. The normalized spacial score (nSPS) is 11.2. The maximum absolute atomic E-state index is 13.6. The zero-order valence-corrected chi connectivity index (χ0v) is 10.7. The molecule has 4 heteroatoms. The highest BCUT2D eigenvalue weighted by Gasteiger charge is 2.12. The Hall–Kier alpha value is -1.09. The Balaban J connectivity index is 2.40. The molecule has 0 fully saturated rings. The quantitative estimate of drug-likeness (QED) is 0.580. The van der Waals surface area contributed by atoms with Crippen molar-refractivity contribution in [1.29, 1.82) is 0 Å². The molecule has 2 nitrogen and oxygen atoms in total. The Labute approximate surface area is 105 Å². The average Bonchev–Trinajstić information content (AvgIpc) is 2.70. The van der Waals surface area contributed by atoms with Crippen LogP contribution in [-0.2, 0) is 12.4 Å². The fraction of sp³-hybridized carbons (Fsp3) is 0.462. The van der Waals surface area contributed by atoms with E-state index in [0.717, 1.165) is 37.1 Å². The third kappa shape index (κ3) is 2.44. The third-order valence-electron chi connectivity index (χ3n) is 2.91. The molecule has 0 aliphatic rings. The SMILES string of the molecule is CCCCCn1c(CCl)nc2c(F)cccc21. The third-order valence-corrected chi connectivity index (χ3v) is 3.15. The predicted molar refractivity (Wildman–Crippen MR) is 68.8 cm³/mol. The van der Waals surface area contributed by atoms with Crippen LogP contribution < -0.4 is 0 Å². The van der Waals surface area contributed by atoms with Crippen LogP contribution in [0.15, 0.2) is 18.2 Å². The second-order valence-corrected chi connectivity index (χ2v) is 4.40. The van der Waals surface area contributed by atoms with Crippen molar-refractivity contribution in [1.82, 2.24) is 9.55 Å². The van der Waals surface area contributed by atoms with E-state index in [4.69, 9.17) is 11.6 Å². The summed E-state index contributed by atoms with van der Waals surface area (Å²) in [6, 6.07) is 5.05. The van der Waals surface area contributed by atoms with Crippen molar-refractivity contribution >= 4 is 22.6 Å². The number of benzene rings is 1. The number of hydrogen-bond donors (Lipinski definition) is 0. The fourth-order valence-electron chi connectivity index (χ4n) is 2.03. The van der Waals surface area contributed by atoms with E-state index in [1.807, 2.05) is 10.6 Å². The van der Waals surface area contributed by atoms with Gasteiger partial charge in [-0.3, -0.25) is 0 Å². The molecule has 1 aromatic heterocycles. The lowest BCUT2D eigenvalue weighted by atomic mass is 10.2. The lowest BCUT2D eigenvalue weighted by Crippen LogP contribution is -2.02. The summed E-state index contributed by atoms with van der Waals surface area (Å²) in [7, 11) is 0. The van der Waals surface area contributed by atoms with Gasteiger partial charge < -0.3 is 4.57 Å². The molecule has 1 aromatic carbocycles. The van der Waals surface area contributed by atoms with E-state index in [-0.39, 0.29) is 5.82 Å². The number of nitrogens with zero attached hydrogens (tertiary/aromatic N) is 2. The number of rotatable bonds is 5. The van der Waals surface area contributed by atoms with Gasteiger partial charge in [0.2, 0.25) is 0 Å². The minimum Gasteiger partial charge on any atom is -0.327 e. The second-order valence-electron chi connectivity index (χ2n) is 4.13. The first-order chi connectivity index (χ1) is 8.27. The van der Waals surface area contributed by atoms with Crippen LogP contribution in [0.2, 0.25) is 0 Å². The molecule has 0 spiro atoms. The van der Waals surface area contributed by atoms with Gasteiger partial charge in [-0.15, -0.1) is 11.6 Å². The number of aromatic nitrogens is 2. The number of hydrogen-bond acceptors (Lipinski definition) is 1. The molecular weight excluding hydrogens is 239 g/mol. The summed E-state index contributed by atoms with van der Waals surface area (Å²) in [5, 5.41) is 0. The Morgan fingerprint density at radius 2 is 2.18 bits per heavy atom. The number of fused-ring (bicyclic) bond motifs is 1. The lowest BCUT2D eigenvalue weighted by molar-refractivity contribution is 0.600. The predicted octanol–water partition coefficient (Wildman–Crippen LogP) is 4.10. The molecular formula is C13H16ClFN2. The van der Waals surface area contributed by atoms with Crippen LogP contribution in [0.5, 0.6) is 0 Å². The van der Waals surface area contributed by atoms with E-state index in [1.54, 1.807) is 6.07 Å². The van der Waals surface area contributed by atoms with E-state index in [2.05, 4.69) is 11.9 Å². The van der Waals surface area contributed by atoms with Crippen LogP contribution in [-0.4, -0.2) is 9.55 Å². The highest BCUT2D eigenvalue weighted by Crippen LogP contribution is 2.21. The zero-order valence-electron chi connectivity index (χ0n) is 9.92. The molecule has 2 rings (SSSR count). The van der Waals surface area contributed by atoms with Crippen molar-refractivity contribution in [3.05, 3.63) is 29.8 Å². The zero-order chi connectivity index (χ0) is 12.3. The van der Waals surface area contributed by atoms with Crippen molar-refractivity contribution in [2.45, 2.75) is 38.6 Å². The Bertz CT molecular complexity index is 507. The number of para-hydroxylation sites is 1. The van der Waals surface area contributed by atoms with Gasteiger partial charge in [0.25, 0.3) is 0 Å². The Morgan fingerprint density at radius 1 is 1.35 bits per heavy atom. The van der Waals surface area contributed by atoms with Crippen molar-refractivity contribution in [3.8, 4) is 0 Å². The van der Waals surface area contributed by atoms with Gasteiger partial charge in [0.05, 0.1) is 11.4 Å². The molecule has 1 heterocycles. The largest absolute Gasteiger partial charge is 0.327 e. The minimum atomic E-state index is -0.275. The van der Waals surface area contributed by atoms with Crippen LogP contribution >= 0.6 is 11.6 Å². The number of halogens is 2. The minimum absolute atomic E-state index is 0.275. The molecule has 92 valence electrons. The molecule has 0 N–H and O–H groups in total. The fourth-order valence-corrected chi connectivity index (χ4v) is 2.24. The van der Waals surface area contributed by atoms with Gasteiger partial charge in [-0.2, -0.15) is 0 Å². The maximum atomic E-state index is 13.6. The topological polar surface area (TPSA) is 17.8 Å². The van der Waals surface area contributed by atoms with E-state index < -0.39 is 0 Å². The van der Waals surface area contributed by atoms with Crippen molar-refractivity contribution < 1.29 is 4.39 Å². The van der Waals surface area contributed by atoms with Gasteiger partial charge in [-0.05, 0) is 18.6 Å². The molecule has 0 amide bonds. The lowest BCUT2D eigenvalue weighted by Gasteiger charge is -2.06. The van der Waals surface area contributed by atoms with Crippen LogP contribution in [0.25, 0.3) is 11.0 Å². The van der Waals surface area contributed by atoms with E-state index in [0.29, 0.717) is 11.4 Å². The number of unbranched alkanes of at least 4 members (excludes halogenated alkanes) is 2. The maximum Gasteiger partial charge on any atom is 0.151 e. The second kappa shape index (κ2) is 5.50. The number of alkyl halides is 1. The molecule has 0 saturated carbocycles. The molecule has 0 bridgehead atoms. The van der Waals surface area contributed by atoms with Crippen molar-refractivity contribution in [3.63, 3.8) is 0 Å². The highest BCUT2D eigenvalue weighted by molar-refractivity contribution is 6.16. The van der Waals surface area contributed by atoms with Gasteiger partial charge in [-0.1, -0.05) is 25.8 Å². The molecule has 0 unspecified atom stereocenters. The first-order valence-electron chi connectivity index (χ1n) is 5.97. The van der Waals surface area contributed by atoms with Crippen LogP contribution in [0, 0.1) is 5.82 Å². The van der Waals surface area contributed by atoms with Gasteiger partial charge in [0.1, 0.15) is 11.3 Å². The summed E-state index contributed by atoms with van der Waals surface area (Å²) in [5.74, 6) is 0.797. The number of imidazole rings is 1. The summed E-state index contributed by atoms with van der Waals surface area (Å²) in [5.41, 5.74) is 1.27. The van der Waals surface area contributed by atoms with E-state index in [9.17, 15) is 4.39 Å². The molecule has 0 saturated heterocycles. The van der Waals surface area contributed by atoms with E-state index >= 15 is 0 Å². The Kier molecular flexibility index (Phi) is 4.00. The number of aryl methyl sites for hydroxylation is 1. The van der Waals surface area contributed by atoms with Crippen LogP contribution in [0.3, 0.4) is 0 Å². The highest BCUT2D eigenvalue weighted by atomic mass is 35.5. The summed E-state index contributed by atoms with van der Waals surface area (Å²) < 4.78 is 15.6. The van der Waals surface area contributed by atoms with Gasteiger partial charge in [0, 0.05) is 6.54 Å². The summed E-state index contributed by atoms with van der Waals surface area (Å²) in [6.45, 7) is 3.02. The van der Waals surface area contributed by atoms with E-state index in [1.165, 1.54) is 6.07 Å². The van der Waals surface area contributed by atoms with Crippen LogP contribution in [0.1, 0.15) is 32.0 Å². The monoisotopic (exact) mass is 254 g/mol. The molecule has 0 radical (unpaired) electrons. The van der Waals surface area contributed by atoms with Gasteiger partial charge in [0.15, 0.2) is 5.82 Å². The molecule has 17 heavy (non-hydrogen) atoms. The van der Waals surface area contributed by atoms with Crippen molar-refractivity contribution in [2.24, 2.45) is 0 Å². The molecule has 0 aliphatic heterocycles.